The molecule has 0 aromatic heterocycles. The fourth-order valence-corrected chi connectivity index (χ4v) is 8.58. The van der Waals surface area contributed by atoms with Crippen molar-refractivity contribution in [2.75, 3.05) is 19.8 Å². The first kappa shape index (κ1) is 25.7. The van der Waals surface area contributed by atoms with E-state index in [9.17, 15) is 4.79 Å². The lowest BCUT2D eigenvalue weighted by molar-refractivity contribution is -0.154. The zero-order valence-electron chi connectivity index (χ0n) is 23.6. The van der Waals surface area contributed by atoms with Crippen LogP contribution in [0.2, 0.25) is 0 Å². The molecule has 5 aliphatic carbocycles. The largest absolute Gasteiger partial charge is 0.465 e. The van der Waals surface area contributed by atoms with E-state index in [0.29, 0.717) is 17.4 Å². The highest BCUT2D eigenvalue weighted by Gasteiger charge is 2.57. The second-order valence-corrected chi connectivity index (χ2v) is 15.6. The van der Waals surface area contributed by atoms with Crippen LogP contribution in [0, 0.1) is 45.8 Å². The van der Waals surface area contributed by atoms with Gasteiger partial charge in [-0.25, -0.2) is 0 Å². The molecule has 6 fully saturated rings. The molecule has 0 radical (unpaired) electrons. The van der Waals surface area contributed by atoms with Crippen LogP contribution in [0.5, 0.6) is 0 Å². The van der Waals surface area contributed by atoms with Gasteiger partial charge >= 0.3 is 5.97 Å². The van der Waals surface area contributed by atoms with Gasteiger partial charge in [-0.1, -0.05) is 33.6 Å². The third kappa shape index (κ3) is 5.42. The third-order valence-electron chi connectivity index (χ3n) is 12.2. The van der Waals surface area contributed by atoms with Gasteiger partial charge < -0.3 is 14.2 Å². The van der Waals surface area contributed by atoms with Crippen LogP contribution in [-0.2, 0) is 19.0 Å². The fraction of sp³-hybridized carbons (Fsp3) is 0.969. The van der Waals surface area contributed by atoms with Crippen molar-refractivity contribution in [2.24, 2.45) is 45.8 Å². The molecule has 6 rings (SSSR count). The number of esters is 1. The number of epoxide rings is 1. The Bertz CT molecular complexity index is 800. The van der Waals surface area contributed by atoms with E-state index in [2.05, 4.69) is 27.7 Å². The minimum absolute atomic E-state index is 0.000580. The maximum absolute atomic E-state index is 13.0. The van der Waals surface area contributed by atoms with E-state index in [1.807, 2.05) is 0 Å². The molecular weight excluding hydrogens is 448 g/mol. The van der Waals surface area contributed by atoms with Crippen LogP contribution in [-0.4, -0.2) is 37.5 Å². The third-order valence-corrected chi connectivity index (χ3v) is 12.2. The van der Waals surface area contributed by atoms with E-state index in [-0.39, 0.29) is 29.0 Å². The van der Waals surface area contributed by atoms with Crippen molar-refractivity contribution in [2.45, 2.75) is 129 Å². The summed E-state index contributed by atoms with van der Waals surface area (Å²) in [6.45, 7) is 11.6. The number of fused-ring (bicyclic) bond motifs is 3. The number of carbonyl (C=O) groups excluding carboxylic acids is 1. The lowest BCUT2D eigenvalue weighted by atomic mass is 9.78. The van der Waals surface area contributed by atoms with Gasteiger partial charge in [0.25, 0.3) is 0 Å². The summed E-state index contributed by atoms with van der Waals surface area (Å²) in [4.78, 5) is 13.0. The smallest absolute Gasteiger partial charge is 0.309 e. The lowest BCUT2D eigenvalue weighted by Crippen LogP contribution is -2.34. The van der Waals surface area contributed by atoms with E-state index < -0.39 is 0 Å². The molecular formula is C32H52O4. The molecule has 10 atom stereocenters. The quantitative estimate of drug-likeness (QED) is 0.220. The molecule has 1 saturated heterocycles. The van der Waals surface area contributed by atoms with E-state index in [1.165, 1.54) is 64.2 Å². The Labute approximate surface area is 220 Å². The van der Waals surface area contributed by atoms with Crippen LogP contribution < -0.4 is 0 Å². The van der Waals surface area contributed by atoms with Crippen LogP contribution >= 0.6 is 0 Å². The number of hydrogen-bond acceptors (Lipinski definition) is 4. The van der Waals surface area contributed by atoms with Gasteiger partial charge in [0, 0.05) is 12.0 Å². The fourth-order valence-electron chi connectivity index (χ4n) is 8.58. The monoisotopic (exact) mass is 500 g/mol. The van der Waals surface area contributed by atoms with Crippen molar-refractivity contribution < 1.29 is 19.0 Å². The summed E-state index contributed by atoms with van der Waals surface area (Å²) in [5.74, 6) is 3.60. The normalized spacial score (nSPS) is 48.1. The van der Waals surface area contributed by atoms with Gasteiger partial charge in [-0.3, -0.25) is 4.79 Å². The van der Waals surface area contributed by atoms with Gasteiger partial charge in [-0.05, 0) is 118 Å². The van der Waals surface area contributed by atoms with E-state index >= 15 is 0 Å². The van der Waals surface area contributed by atoms with E-state index in [1.54, 1.807) is 0 Å². The predicted molar refractivity (Wildman–Crippen MR) is 141 cm³/mol. The van der Waals surface area contributed by atoms with Gasteiger partial charge in [0.05, 0.1) is 30.8 Å². The zero-order valence-corrected chi connectivity index (χ0v) is 23.6. The van der Waals surface area contributed by atoms with Crippen LogP contribution in [0.4, 0.5) is 0 Å². The number of rotatable bonds is 11. The average Bonchev–Trinajstić information content (AvgIpc) is 3.77. The summed E-state index contributed by atoms with van der Waals surface area (Å²) in [7, 11) is 0. The highest BCUT2D eigenvalue weighted by atomic mass is 16.6. The maximum Gasteiger partial charge on any atom is 0.309 e. The number of carbonyl (C=O) groups is 1. The first-order chi connectivity index (χ1) is 17.1. The van der Waals surface area contributed by atoms with Gasteiger partial charge in [0.1, 0.15) is 0 Å². The van der Waals surface area contributed by atoms with Gasteiger partial charge in [-0.2, -0.15) is 0 Å². The maximum atomic E-state index is 13.0. The molecule has 0 aromatic rings. The van der Waals surface area contributed by atoms with Crippen molar-refractivity contribution in [3.05, 3.63) is 0 Å². The van der Waals surface area contributed by atoms with E-state index in [0.717, 1.165) is 62.6 Å². The molecule has 6 aliphatic rings. The van der Waals surface area contributed by atoms with Crippen LogP contribution in [0.15, 0.2) is 0 Å². The number of ether oxygens (including phenoxy) is 3. The highest BCUT2D eigenvalue weighted by Crippen LogP contribution is 2.63. The average molecular weight is 501 g/mol. The van der Waals surface area contributed by atoms with Gasteiger partial charge in [-0.15, -0.1) is 0 Å². The Morgan fingerprint density at radius 1 is 0.917 bits per heavy atom. The predicted octanol–water partition coefficient (Wildman–Crippen LogP) is 7.33. The van der Waals surface area contributed by atoms with Crippen molar-refractivity contribution in [1.82, 2.24) is 0 Å². The van der Waals surface area contributed by atoms with Crippen molar-refractivity contribution in [3.8, 4) is 0 Å². The molecule has 1 heterocycles. The zero-order chi connectivity index (χ0) is 25.2. The van der Waals surface area contributed by atoms with Crippen LogP contribution in [0.3, 0.4) is 0 Å². The topological polar surface area (TPSA) is 48.1 Å². The Hall–Kier alpha value is -0.610. The second-order valence-electron chi connectivity index (χ2n) is 15.6. The summed E-state index contributed by atoms with van der Waals surface area (Å²) in [5.41, 5.74) is 1.33. The first-order valence-corrected chi connectivity index (χ1v) is 15.5. The molecule has 10 unspecified atom stereocenters. The summed E-state index contributed by atoms with van der Waals surface area (Å²) in [5, 5.41) is 0. The first-order valence-electron chi connectivity index (χ1n) is 15.5. The molecule has 204 valence electrons. The van der Waals surface area contributed by atoms with Crippen molar-refractivity contribution in [1.29, 1.82) is 0 Å². The van der Waals surface area contributed by atoms with Crippen LogP contribution in [0.1, 0.15) is 118 Å². The molecule has 5 saturated carbocycles. The molecule has 36 heavy (non-hydrogen) atoms. The molecule has 4 heteroatoms. The summed E-state index contributed by atoms with van der Waals surface area (Å²) >= 11 is 0. The standard InChI is InChI=1S/C32H52O4/c1-29(10-5-6-22-7-11-30(2)17-25(30)14-22,20-34-19-23-8-12-31(3)18-26(31)15-23)21-35-28(33)24-9-13-32(4)27(16-24)36-32/h22-27H,5-21H2,1-4H3. The summed E-state index contributed by atoms with van der Waals surface area (Å²) < 4.78 is 18.3. The molecule has 1 aliphatic heterocycles. The number of hydrogen-bond donors (Lipinski definition) is 0. The Balaban J connectivity index is 0.979. The second kappa shape index (κ2) is 9.25. The highest BCUT2D eigenvalue weighted by molar-refractivity contribution is 5.72. The Morgan fingerprint density at radius 2 is 1.61 bits per heavy atom. The Morgan fingerprint density at radius 3 is 2.31 bits per heavy atom. The summed E-state index contributed by atoms with van der Waals surface area (Å²) in [6.07, 6.45) is 17.9. The van der Waals surface area contributed by atoms with Crippen LogP contribution in [0.25, 0.3) is 0 Å². The summed E-state index contributed by atoms with van der Waals surface area (Å²) in [6, 6.07) is 0. The lowest BCUT2D eigenvalue weighted by Gasteiger charge is -2.33. The minimum atomic E-state index is -0.0829. The van der Waals surface area contributed by atoms with Gasteiger partial charge in [0.15, 0.2) is 0 Å². The van der Waals surface area contributed by atoms with E-state index in [4.69, 9.17) is 14.2 Å². The molecule has 0 amide bonds. The minimum Gasteiger partial charge on any atom is -0.465 e. The molecule has 0 N–H and O–H groups in total. The van der Waals surface area contributed by atoms with Gasteiger partial charge in [0.2, 0.25) is 0 Å². The van der Waals surface area contributed by atoms with Crippen molar-refractivity contribution >= 4 is 5.97 Å². The SMILES string of the molecule is CC(CCCC1CCC2(C)CC2C1)(COCC1CCC2(C)CC2C1)COC(=O)C1CCC2(C)OC2C1. The molecule has 0 spiro atoms. The van der Waals surface area contributed by atoms with Crippen molar-refractivity contribution in [3.63, 3.8) is 0 Å². The molecule has 4 nitrogen and oxygen atoms in total. The molecule has 0 bridgehead atoms. The molecule has 0 aromatic carbocycles. The Kier molecular flexibility index (Phi) is 6.59.